The van der Waals surface area contributed by atoms with Gasteiger partial charge >= 0.3 is 0 Å². The van der Waals surface area contributed by atoms with Gasteiger partial charge in [0, 0.05) is 35.3 Å². The largest absolute Gasteiger partial charge is 0.354 e. The first kappa shape index (κ1) is 12.4. The second-order valence-corrected chi connectivity index (χ2v) is 6.79. The molecule has 0 aromatic carbocycles. The average Bonchev–Trinajstić information content (AvgIpc) is 2.28. The lowest BCUT2D eigenvalue weighted by atomic mass is 10.1. The minimum atomic E-state index is 0.0966. The number of Topliss-reactive ketones (excluding diaryl/α,β-unsaturated/α-hetero) is 1. The van der Waals surface area contributed by atoms with E-state index in [1.807, 2.05) is 17.8 Å². The summed E-state index contributed by atoms with van der Waals surface area (Å²) in [5.41, 5.74) is 0.742. The molecule has 0 radical (unpaired) electrons. The Morgan fingerprint density at radius 3 is 2.94 bits per heavy atom. The Labute approximate surface area is 107 Å². The van der Waals surface area contributed by atoms with Crippen molar-refractivity contribution in [2.75, 3.05) is 23.7 Å². The Bertz CT molecular complexity index is 431. The number of carbonyl (C=O) groups is 1. The number of hydrogen-bond donors (Lipinski definition) is 0. The summed E-state index contributed by atoms with van der Waals surface area (Å²) in [7, 11) is 0. The van der Waals surface area contributed by atoms with Gasteiger partial charge in [-0.1, -0.05) is 0 Å². The van der Waals surface area contributed by atoms with E-state index in [2.05, 4.69) is 23.7 Å². The molecule has 2 heterocycles. The van der Waals surface area contributed by atoms with Crippen LogP contribution in [-0.2, 0) is 0 Å². The van der Waals surface area contributed by atoms with Crippen LogP contribution in [0.2, 0.25) is 0 Å². The van der Waals surface area contributed by atoms with Crippen LogP contribution >= 0.6 is 11.8 Å². The molecule has 4 heteroatoms. The second kappa shape index (κ2) is 4.69. The molecule has 1 saturated heterocycles. The third-order valence-electron chi connectivity index (χ3n) is 2.90. The summed E-state index contributed by atoms with van der Waals surface area (Å²) < 4.78 is 0.256. The van der Waals surface area contributed by atoms with E-state index >= 15 is 0 Å². The van der Waals surface area contributed by atoms with Crippen LogP contribution in [0, 0.1) is 0 Å². The van der Waals surface area contributed by atoms with E-state index in [0.717, 1.165) is 30.2 Å². The quantitative estimate of drug-likeness (QED) is 0.755. The van der Waals surface area contributed by atoms with Crippen LogP contribution in [0.5, 0.6) is 0 Å². The monoisotopic (exact) mass is 250 g/mol. The fourth-order valence-corrected chi connectivity index (χ4v) is 3.13. The highest BCUT2D eigenvalue weighted by Crippen LogP contribution is 2.31. The molecule has 2 rings (SSSR count). The van der Waals surface area contributed by atoms with Gasteiger partial charge in [-0.3, -0.25) is 4.79 Å². The zero-order valence-electron chi connectivity index (χ0n) is 10.6. The first-order valence-corrected chi connectivity index (χ1v) is 6.82. The Hall–Kier alpha value is -1.03. The van der Waals surface area contributed by atoms with Crippen molar-refractivity contribution in [3.63, 3.8) is 0 Å². The Balaban J connectivity index is 2.22. The topological polar surface area (TPSA) is 33.2 Å². The van der Waals surface area contributed by atoms with Gasteiger partial charge in [-0.05, 0) is 32.9 Å². The standard InChI is InChI=1S/C13H18N2OS/c1-10(16)11-4-5-14-12(8-11)15-6-7-17-13(2,3)9-15/h4-5,8H,6-7,9H2,1-3H3. The third kappa shape index (κ3) is 3.00. The van der Waals surface area contributed by atoms with Crippen molar-refractivity contribution in [3.8, 4) is 0 Å². The maximum absolute atomic E-state index is 11.4. The fourth-order valence-electron chi connectivity index (χ4n) is 2.02. The maximum Gasteiger partial charge on any atom is 0.159 e. The highest BCUT2D eigenvalue weighted by molar-refractivity contribution is 8.00. The molecule has 1 fully saturated rings. The first-order valence-electron chi connectivity index (χ1n) is 5.84. The Morgan fingerprint density at radius 1 is 1.53 bits per heavy atom. The molecule has 1 aliphatic rings. The van der Waals surface area contributed by atoms with Gasteiger partial charge in [0.05, 0.1) is 0 Å². The number of rotatable bonds is 2. The minimum absolute atomic E-state index is 0.0966. The van der Waals surface area contributed by atoms with Gasteiger partial charge in [-0.25, -0.2) is 4.98 Å². The molecule has 0 saturated carbocycles. The molecular formula is C13H18N2OS. The van der Waals surface area contributed by atoms with E-state index in [1.165, 1.54) is 0 Å². The maximum atomic E-state index is 11.4. The SMILES string of the molecule is CC(=O)c1ccnc(N2CCSC(C)(C)C2)c1. The van der Waals surface area contributed by atoms with E-state index in [-0.39, 0.29) is 10.5 Å². The van der Waals surface area contributed by atoms with Gasteiger partial charge < -0.3 is 4.90 Å². The molecule has 0 N–H and O–H groups in total. The predicted molar refractivity (Wildman–Crippen MR) is 73.0 cm³/mol. The number of nitrogens with zero attached hydrogens (tertiary/aromatic N) is 2. The fraction of sp³-hybridized carbons (Fsp3) is 0.538. The van der Waals surface area contributed by atoms with Gasteiger partial charge in [0.2, 0.25) is 0 Å². The van der Waals surface area contributed by atoms with Gasteiger partial charge in [0.25, 0.3) is 0 Å². The summed E-state index contributed by atoms with van der Waals surface area (Å²) in [6.07, 6.45) is 1.72. The van der Waals surface area contributed by atoms with E-state index in [1.54, 1.807) is 19.2 Å². The zero-order valence-corrected chi connectivity index (χ0v) is 11.4. The highest BCUT2D eigenvalue weighted by atomic mass is 32.2. The number of anilines is 1. The number of aromatic nitrogens is 1. The Morgan fingerprint density at radius 2 is 2.29 bits per heavy atom. The van der Waals surface area contributed by atoms with Crippen molar-refractivity contribution in [1.29, 1.82) is 0 Å². The predicted octanol–water partition coefficient (Wildman–Crippen LogP) is 2.62. The molecule has 1 aromatic rings. The summed E-state index contributed by atoms with van der Waals surface area (Å²) >= 11 is 1.99. The molecule has 0 aliphatic carbocycles. The summed E-state index contributed by atoms with van der Waals surface area (Å²) in [6.45, 7) is 8.07. The van der Waals surface area contributed by atoms with Crippen molar-refractivity contribution < 1.29 is 4.79 Å². The summed E-state index contributed by atoms with van der Waals surface area (Å²) in [4.78, 5) is 18.0. The Kier molecular flexibility index (Phi) is 3.43. The van der Waals surface area contributed by atoms with E-state index in [9.17, 15) is 4.79 Å². The second-order valence-electron chi connectivity index (χ2n) is 4.99. The molecule has 92 valence electrons. The minimum Gasteiger partial charge on any atom is -0.354 e. The summed E-state index contributed by atoms with van der Waals surface area (Å²) in [5.74, 6) is 2.13. The van der Waals surface area contributed by atoms with Gasteiger partial charge in [-0.2, -0.15) is 11.8 Å². The molecule has 0 unspecified atom stereocenters. The normalized spacial score (nSPS) is 19.1. The zero-order chi connectivity index (χ0) is 12.5. The number of thioether (sulfide) groups is 1. The van der Waals surface area contributed by atoms with Crippen LogP contribution in [0.1, 0.15) is 31.1 Å². The number of hydrogen-bond acceptors (Lipinski definition) is 4. The van der Waals surface area contributed by atoms with Crippen molar-refractivity contribution in [1.82, 2.24) is 4.98 Å². The average molecular weight is 250 g/mol. The highest BCUT2D eigenvalue weighted by Gasteiger charge is 2.27. The van der Waals surface area contributed by atoms with Crippen LogP contribution in [0.3, 0.4) is 0 Å². The van der Waals surface area contributed by atoms with E-state index in [0.29, 0.717) is 0 Å². The molecule has 17 heavy (non-hydrogen) atoms. The molecule has 0 spiro atoms. The molecule has 0 amide bonds. The molecule has 3 nitrogen and oxygen atoms in total. The third-order valence-corrected chi connectivity index (χ3v) is 4.20. The first-order chi connectivity index (χ1) is 7.98. The van der Waals surface area contributed by atoms with Crippen LogP contribution < -0.4 is 4.90 Å². The summed E-state index contributed by atoms with van der Waals surface area (Å²) in [6, 6.07) is 3.67. The smallest absolute Gasteiger partial charge is 0.159 e. The number of ketones is 1. The molecule has 1 aromatic heterocycles. The van der Waals surface area contributed by atoms with Gasteiger partial charge in [0.1, 0.15) is 5.82 Å². The van der Waals surface area contributed by atoms with Crippen LogP contribution in [0.15, 0.2) is 18.3 Å². The lowest BCUT2D eigenvalue weighted by Gasteiger charge is -2.38. The lowest BCUT2D eigenvalue weighted by molar-refractivity contribution is 0.101. The van der Waals surface area contributed by atoms with Crippen LogP contribution in [0.25, 0.3) is 0 Å². The molecular weight excluding hydrogens is 232 g/mol. The van der Waals surface area contributed by atoms with Crippen LogP contribution in [0.4, 0.5) is 5.82 Å². The molecule has 0 bridgehead atoms. The van der Waals surface area contributed by atoms with Gasteiger partial charge in [0.15, 0.2) is 5.78 Å². The van der Waals surface area contributed by atoms with Gasteiger partial charge in [-0.15, -0.1) is 0 Å². The van der Waals surface area contributed by atoms with Crippen molar-refractivity contribution >= 4 is 23.4 Å². The van der Waals surface area contributed by atoms with E-state index < -0.39 is 0 Å². The molecule has 0 atom stereocenters. The lowest BCUT2D eigenvalue weighted by Crippen LogP contribution is -2.43. The molecule has 1 aliphatic heterocycles. The summed E-state index contributed by atoms with van der Waals surface area (Å²) in [5, 5.41) is 0. The number of pyridine rings is 1. The number of carbonyl (C=O) groups excluding carboxylic acids is 1. The van der Waals surface area contributed by atoms with Crippen molar-refractivity contribution in [2.45, 2.75) is 25.5 Å². The van der Waals surface area contributed by atoms with Crippen molar-refractivity contribution in [3.05, 3.63) is 23.9 Å². The van der Waals surface area contributed by atoms with Crippen LogP contribution in [-0.4, -0.2) is 34.4 Å². The van der Waals surface area contributed by atoms with Crippen molar-refractivity contribution in [2.24, 2.45) is 0 Å². The van der Waals surface area contributed by atoms with E-state index in [4.69, 9.17) is 0 Å².